The van der Waals surface area contributed by atoms with E-state index >= 15 is 0 Å². The average Bonchev–Trinajstić information content (AvgIpc) is 3.10. The molecule has 2 N–H and O–H groups in total. The summed E-state index contributed by atoms with van der Waals surface area (Å²) in [5.41, 5.74) is 1.64. The Kier molecular flexibility index (Phi) is 11.9. The summed E-state index contributed by atoms with van der Waals surface area (Å²) in [5.74, 6) is 2.15. The number of nitrogens with zero attached hydrogens (tertiary/aromatic N) is 3. The largest absolute Gasteiger partial charge is 0.411 e. The first-order valence-electron chi connectivity index (χ1n) is 10.0. The van der Waals surface area contributed by atoms with Crippen LogP contribution in [0.1, 0.15) is 37.7 Å². The molecule has 0 aliphatic heterocycles. The minimum atomic E-state index is -4.31. The van der Waals surface area contributed by atoms with Crippen LogP contribution in [0.2, 0.25) is 0 Å². The van der Waals surface area contributed by atoms with E-state index in [-0.39, 0.29) is 30.6 Å². The van der Waals surface area contributed by atoms with E-state index in [0.29, 0.717) is 30.5 Å². The van der Waals surface area contributed by atoms with Gasteiger partial charge in [0.2, 0.25) is 0 Å². The molecule has 0 aliphatic rings. The molecule has 31 heavy (non-hydrogen) atoms. The number of benzene rings is 1. The van der Waals surface area contributed by atoms with E-state index in [1.807, 2.05) is 25.3 Å². The van der Waals surface area contributed by atoms with Crippen molar-refractivity contribution in [2.45, 2.75) is 53.2 Å². The molecule has 0 fully saturated rings. The number of hydrogen-bond donors (Lipinski definition) is 2. The van der Waals surface area contributed by atoms with Crippen molar-refractivity contribution in [3.8, 4) is 0 Å². The summed E-state index contributed by atoms with van der Waals surface area (Å²) < 4.78 is 43.2. The number of ether oxygens (including phenoxy) is 1. The number of aliphatic imine (C=N–C) groups is 1. The highest BCUT2D eigenvalue weighted by Crippen LogP contribution is 2.16. The predicted molar refractivity (Wildman–Crippen MR) is 126 cm³/mol. The van der Waals surface area contributed by atoms with Crippen LogP contribution in [-0.2, 0) is 31.0 Å². The standard InChI is InChI=1S/C21H30F3N5O.HI/c1-4-25-20(28-12-19-26-9-10-29(19)13-16(2)3)27-11-17-5-7-18(8-6-17)14-30-15-21(22,23)24;/h5-10,16H,4,11-15H2,1-3H3,(H2,25,27,28);1H. The second kappa shape index (κ2) is 13.6. The molecule has 0 unspecified atom stereocenters. The van der Waals surface area contributed by atoms with Crippen LogP contribution in [0.4, 0.5) is 13.2 Å². The summed E-state index contributed by atoms with van der Waals surface area (Å²) in [7, 11) is 0. The zero-order valence-electron chi connectivity index (χ0n) is 18.1. The molecule has 174 valence electrons. The smallest absolute Gasteiger partial charge is 0.367 e. The maximum Gasteiger partial charge on any atom is 0.411 e. The van der Waals surface area contributed by atoms with Gasteiger partial charge in [0, 0.05) is 25.5 Å². The highest BCUT2D eigenvalue weighted by atomic mass is 127. The molecular formula is C21H31F3IN5O. The summed E-state index contributed by atoms with van der Waals surface area (Å²) in [5, 5.41) is 6.49. The van der Waals surface area contributed by atoms with Gasteiger partial charge in [-0.1, -0.05) is 38.1 Å². The number of hydrogen-bond acceptors (Lipinski definition) is 3. The molecule has 1 aromatic heterocycles. The molecule has 0 spiro atoms. The lowest BCUT2D eigenvalue weighted by Crippen LogP contribution is -2.37. The van der Waals surface area contributed by atoms with E-state index < -0.39 is 12.8 Å². The minimum absolute atomic E-state index is 0. The molecule has 0 amide bonds. The topological polar surface area (TPSA) is 63.5 Å². The van der Waals surface area contributed by atoms with Crippen LogP contribution in [-0.4, -0.2) is 34.8 Å². The quantitative estimate of drug-likeness (QED) is 0.259. The molecule has 0 saturated heterocycles. The zero-order chi connectivity index (χ0) is 22.0. The van der Waals surface area contributed by atoms with E-state index in [1.54, 1.807) is 18.3 Å². The lowest BCUT2D eigenvalue weighted by molar-refractivity contribution is -0.176. The van der Waals surface area contributed by atoms with Crippen LogP contribution in [0.5, 0.6) is 0 Å². The van der Waals surface area contributed by atoms with Gasteiger partial charge in [-0.05, 0) is 24.0 Å². The Balaban J connectivity index is 0.00000480. The Morgan fingerprint density at radius 2 is 1.84 bits per heavy atom. The first kappa shape index (κ1) is 27.2. The lowest BCUT2D eigenvalue weighted by Gasteiger charge is -2.14. The molecule has 0 aliphatic carbocycles. The third-order valence-electron chi connectivity index (χ3n) is 4.10. The number of imidazole rings is 1. The van der Waals surface area contributed by atoms with Gasteiger partial charge in [-0.3, -0.25) is 0 Å². The van der Waals surface area contributed by atoms with E-state index in [9.17, 15) is 13.2 Å². The average molecular weight is 553 g/mol. The van der Waals surface area contributed by atoms with Crippen LogP contribution >= 0.6 is 24.0 Å². The van der Waals surface area contributed by atoms with Crippen LogP contribution in [0.15, 0.2) is 41.7 Å². The van der Waals surface area contributed by atoms with Crippen molar-refractivity contribution in [1.82, 2.24) is 20.2 Å². The molecule has 10 heteroatoms. The SMILES string of the molecule is CCNC(=NCc1ccc(COCC(F)(F)F)cc1)NCc1nccn1CC(C)C.I. The Morgan fingerprint density at radius 3 is 2.45 bits per heavy atom. The molecule has 2 rings (SSSR count). The molecule has 1 heterocycles. The maximum atomic E-state index is 12.1. The monoisotopic (exact) mass is 553 g/mol. The first-order chi connectivity index (χ1) is 14.3. The Labute approximate surface area is 198 Å². The van der Waals surface area contributed by atoms with Crippen LogP contribution in [0.25, 0.3) is 0 Å². The fraction of sp³-hybridized carbons (Fsp3) is 0.524. The second-order valence-corrected chi connectivity index (χ2v) is 7.36. The Bertz CT molecular complexity index is 791. The predicted octanol–water partition coefficient (Wildman–Crippen LogP) is 4.49. The molecule has 0 bridgehead atoms. The van der Waals surface area contributed by atoms with Gasteiger partial charge in [0.25, 0.3) is 0 Å². The normalized spacial score (nSPS) is 12.0. The van der Waals surface area contributed by atoms with E-state index in [4.69, 9.17) is 0 Å². The molecule has 0 radical (unpaired) electrons. The highest BCUT2D eigenvalue weighted by Gasteiger charge is 2.27. The van der Waals surface area contributed by atoms with Crippen LogP contribution in [0.3, 0.4) is 0 Å². The van der Waals surface area contributed by atoms with Crippen molar-refractivity contribution in [3.63, 3.8) is 0 Å². The minimum Gasteiger partial charge on any atom is -0.367 e. The third-order valence-corrected chi connectivity index (χ3v) is 4.10. The van der Waals surface area contributed by atoms with Crippen LogP contribution in [0, 0.1) is 5.92 Å². The summed E-state index contributed by atoms with van der Waals surface area (Å²) in [4.78, 5) is 8.98. The number of aromatic nitrogens is 2. The third kappa shape index (κ3) is 10.9. The number of halogens is 4. The molecular weight excluding hydrogens is 522 g/mol. The molecule has 6 nitrogen and oxygen atoms in total. The first-order valence-corrected chi connectivity index (χ1v) is 10.0. The fourth-order valence-corrected chi connectivity index (χ4v) is 2.77. The molecule has 0 atom stereocenters. The number of nitrogens with one attached hydrogen (secondary N) is 2. The molecule has 1 aromatic carbocycles. The van der Waals surface area contributed by atoms with Crippen molar-refractivity contribution in [2.24, 2.45) is 10.9 Å². The summed E-state index contributed by atoms with van der Waals surface area (Å²) in [6.07, 6.45) is -0.541. The Hall–Kier alpha value is -1.82. The fourth-order valence-electron chi connectivity index (χ4n) is 2.77. The van der Waals surface area contributed by atoms with Gasteiger partial charge in [-0.15, -0.1) is 24.0 Å². The zero-order valence-corrected chi connectivity index (χ0v) is 20.4. The second-order valence-electron chi connectivity index (χ2n) is 7.36. The van der Waals surface area contributed by atoms with Gasteiger partial charge in [0.1, 0.15) is 12.4 Å². The van der Waals surface area contributed by atoms with Crippen molar-refractivity contribution in [3.05, 3.63) is 53.6 Å². The van der Waals surface area contributed by atoms with E-state index in [0.717, 1.165) is 24.5 Å². The van der Waals surface area contributed by atoms with Gasteiger partial charge in [0.05, 0.1) is 19.7 Å². The Morgan fingerprint density at radius 1 is 1.16 bits per heavy atom. The van der Waals surface area contributed by atoms with Crippen LogP contribution < -0.4 is 10.6 Å². The van der Waals surface area contributed by atoms with Crippen molar-refractivity contribution in [2.75, 3.05) is 13.2 Å². The lowest BCUT2D eigenvalue weighted by atomic mass is 10.1. The van der Waals surface area contributed by atoms with Gasteiger partial charge >= 0.3 is 6.18 Å². The van der Waals surface area contributed by atoms with E-state index in [2.05, 4.69) is 43.8 Å². The van der Waals surface area contributed by atoms with E-state index in [1.165, 1.54) is 0 Å². The van der Waals surface area contributed by atoms with Gasteiger partial charge in [-0.25, -0.2) is 9.98 Å². The van der Waals surface area contributed by atoms with Gasteiger partial charge < -0.3 is 19.9 Å². The van der Waals surface area contributed by atoms with Crippen molar-refractivity contribution >= 4 is 29.9 Å². The summed E-state index contributed by atoms with van der Waals surface area (Å²) >= 11 is 0. The number of rotatable bonds is 10. The maximum absolute atomic E-state index is 12.1. The molecule has 2 aromatic rings. The van der Waals surface area contributed by atoms with Crippen molar-refractivity contribution in [1.29, 1.82) is 0 Å². The molecule has 0 saturated carbocycles. The summed E-state index contributed by atoms with van der Waals surface area (Å²) in [6.45, 7) is 7.63. The highest BCUT2D eigenvalue weighted by molar-refractivity contribution is 14.0. The summed E-state index contributed by atoms with van der Waals surface area (Å²) in [6, 6.07) is 7.19. The number of alkyl halides is 3. The van der Waals surface area contributed by atoms with Gasteiger partial charge in [-0.2, -0.15) is 13.2 Å². The van der Waals surface area contributed by atoms with Gasteiger partial charge in [0.15, 0.2) is 5.96 Å². The van der Waals surface area contributed by atoms with Crippen molar-refractivity contribution < 1.29 is 17.9 Å². The number of guanidine groups is 1.